The number of alkyl halides is 3. The lowest BCUT2D eigenvalue weighted by molar-refractivity contribution is -0.137. The highest BCUT2D eigenvalue weighted by molar-refractivity contribution is 5.77. The van der Waals surface area contributed by atoms with Crippen molar-refractivity contribution < 1.29 is 18.3 Å². The van der Waals surface area contributed by atoms with E-state index in [2.05, 4.69) is 4.98 Å². The minimum absolute atomic E-state index is 0.0877. The smallest absolute Gasteiger partial charge is 0.395 e. The number of benzene rings is 1. The first kappa shape index (κ1) is 14.8. The highest BCUT2D eigenvalue weighted by Crippen LogP contribution is 2.33. The summed E-state index contributed by atoms with van der Waals surface area (Å²) in [4.78, 5) is 4.33. The lowest BCUT2D eigenvalue weighted by Gasteiger charge is -2.19. The zero-order chi connectivity index (χ0) is 15.1. The predicted octanol–water partition coefficient (Wildman–Crippen LogP) is 3.34. The van der Waals surface area contributed by atoms with Gasteiger partial charge in [-0.05, 0) is 18.2 Å². The summed E-state index contributed by atoms with van der Waals surface area (Å²) in [5, 5.41) is 9.14. The number of aromatic nitrogens is 2. The lowest BCUT2D eigenvalue weighted by Crippen LogP contribution is -2.20. The van der Waals surface area contributed by atoms with E-state index in [-0.39, 0.29) is 12.0 Å². The van der Waals surface area contributed by atoms with Crippen molar-refractivity contribution in [2.24, 2.45) is 0 Å². The van der Waals surface area contributed by atoms with Crippen LogP contribution in [0.2, 0.25) is 0 Å². The highest BCUT2D eigenvalue weighted by atomic mass is 19.4. The molecule has 1 heterocycles. The molecule has 0 spiro atoms. The molecule has 1 aromatic heterocycles. The number of hydrogen-bond donors (Lipinski definition) is 1. The monoisotopic (exact) mass is 286 g/mol. The molecule has 20 heavy (non-hydrogen) atoms. The van der Waals surface area contributed by atoms with Gasteiger partial charge in [0.15, 0.2) is 0 Å². The fraction of sp³-hybridized carbons (Fsp3) is 0.500. The Morgan fingerprint density at radius 1 is 1.20 bits per heavy atom. The second-order valence-corrected chi connectivity index (χ2v) is 5.76. The molecule has 2 rings (SSSR count). The number of fused-ring (bicyclic) bond motifs is 1. The van der Waals surface area contributed by atoms with E-state index in [4.69, 9.17) is 5.11 Å². The van der Waals surface area contributed by atoms with Crippen LogP contribution in [0.4, 0.5) is 13.2 Å². The van der Waals surface area contributed by atoms with Crippen LogP contribution in [0.3, 0.4) is 0 Å². The van der Waals surface area contributed by atoms with E-state index in [1.807, 2.05) is 20.8 Å². The average Bonchev–Trinajstić information content (AvgIpc) is 2.67. The van der Waals surface area contributed by atoms with Crippen molar-refractivity contribution in [3.05, 3.63) is 29.6 Å². The second-order valence-electron chi connectivity index (χ2n) is 5.76. The molecule has 110 valence electrons. The van der Waals surface area contributed by atoms with Gasteiger partial charge in [-0.2, -0.15) is 13.2 Å². The molecular weight excluding hydrogens is 269 g/mol. The summed E-state index contributed by atoms with van der Waals surface area (Å²) in [6, 6.07) is 3.51. The fourth-order valence-corrected chi connectivity index (χ4v) is 2.21. The van der Waals surface area contributed by atoms with E-state index in [0.717, 1.165) is 12.1 Å². The van der Waals surface area contributed by atoms with Gasteiger partial charge in [-0.1, -0.05) is 20.8 Å². The zero-order valence-electron chi connectivity index (χ0n) is 11.6. The lowest BCUT2D eigenvalue weighted by atomic mass is 9.95. The Kier molecular flexibility index (Phi) is 3.54. The molecule has 0 amide bonds. The van der Waals surface area contributed by atoms with Crippen LogP contribution in [0, 0.1) is 0 Å². The van der Waals surface area contributed by atoms with Gasteiger partial charge in [-0.25, -0.2) is 4.98 Å². The van der Waals surface area contributed by atoms with Crippen LogP contribution in [0.15, 0.2) is 18.2 Å². The molecule has 1 N–H and O–H groups in total. The molecule has 0 bridgehead atoms. The van der Waals surface area contributed by atoms with E-state index in [9.17, 15) is 13.2 Å². The molecule has 0 aliphatic heterocycles. The number of hydrogen-bond acceptors (Lipinski definition) is 2. The van der Waals surface area contributed by atoms with Crippen LogP contribution in [-0.4, -0.2) is 21.3 Å². The van der Waals surface area contributed by atoms with E-state index < -0.39 is 11.7 Å². The van der Waals surface area contributed by atoms with Crippen LogP contribution in [0.5, 0.6) is 0 Å². The summed E-state index contributed by atoms with van der Waals surface area (Å²) in [5.74, 6) is 0.667. The topological polar surface area (TPSA) is 38.0 Å². The standard InChI is InChI=1S/C14H17F3N2O/c1-13(2,3)12-18-10-8-9(14(15,16)17)4-5-11(10)19(12)6-7-20/h4-5,8,20H,6-7H2,1-3H3. The number of aliphatic hydroxyl groups is 1. The summed E-state index contributed by atoms with van der Waals surface area (Å²) in [5.41, 5.74) is -0.110. The molecule has 0 radical (unpaired) electrons. The van der Waals surface area contributed by atoms with Gasteiger partial charge in [0.1, 0.15) is 5.82 Å². The number of rotatable bonds is 2. The van der Waals surface area contributed by atoms with Crippen LogP contribution in [-0.2, 0) is 18.1 Å². The van der Waals surface area contributed by atoms with Crippen molar-refractivity contribution in [2.45, 2.75) is 38.9 Å². The Morgan fingerprint density at radius 2 is 1.85 bits per heavy atom. The second kappa shape index (κ2) is 4.77. The molecule has 2 aromatic rings. The third-order valence-electron chi connectivity index (χ3n) is 3.07. The van der Waals surface area contributed by atoms with Crippen LogP contribution >= 0.6 is 0 Å². The molecule has 6 heteroatoms. The number of aliphatic hydroxyl groups excluding tert-OH is 1. The van der Waals surface area contributed by atoms with Crippen LogP contribution in [0.25, 0.3) is 11.0 Å². The van der Waals surface area contributed by atoms with Gasteiger partial charge in [0, 0.05) is 12.0 Å². The Labute approximate surface area is 115 Å². The maximum Gasteiger partial charge on any atom is 0.416 e. The van der Waals surface area contributed by atoms with Gasteiger partial charge >= 0.3 is 6.18 Å². The molecule has 0 aliphatic carbocycles. The van der Waals surface area contributed by atoms with Crippen LogP contribution < -0.4 is 0 Å². The number of halogens is 3. The summed E-state index contributed by atoms with van der Waals surface area (Å²) < 4.78 is 40.0. The first-order valence-corrected chi connectivity index (χ1v) is 6.33. The van der Waals surface area contributed by atoms with Gasteiger partial charge in [0.05, 0.1) is 23.2 Å². The van der Waals surface area contributed by atoms with Crippen molar-refractivity contribution in [3.8, 4) is 0 Å². The summed E-state index contributed by atoms with van der Waals surface area (Å²) in [6.07, 6.45) is -4.38. The third-order valence-corrected chi connectivity index (χ3v) is 3.07. The molecule has 0 fully saturated rings. The van der Waals surface area contributed by atoms with Gasteiger partial charge in [-0.3, -0.25) is 0 Å². The maximum atomic E-state index is 12.7. The number of nitrogens with zero attached hydrogens (tertiary/aromatic N) is 2. The minimum atomic E-state index is -4.38. The SMILES string of the molecule is CC(C)(C)c1nc2cc(C(F)(F)F)ccc2n1CCO. The highest BCUT2D eigenvalue weighted by Gasteiger charge is 2.31. The minimum Gasteiger partial charge on any atom is -0.395 e. The molecule has 1 aromatic carbocycles. The van der Waals surface area contributed by atoms with Gasteiger partial charge in [-0.15, -0.1) is 0 Å². The predicted molar refractivity (Wildman–Crippen MR) is 70.5 cm³/mol. The van der Waals surface area contributed by atoms with Crippen molar-refractivity contribution >= 4 is 11.0 Å². The van der Waals surface area contributed by atoms with Gasteiger partial charge in [0.25, 0.3) is 0 Å². The number of imidazole rings is 1. The molecule has 3 nitrogen and oxygen atoms in total. The Hall–Kier alpha value is -1.56. The molecule has 0 aliphatic rings. The van der Waals surface area contributed by atoms with Crippen molar-refractivity contribution in [1.29, 1.82) is 0 Å². The molecule has 0 saturated heterocycles. The van der Waals surface area contributed by atoms with Crippen molar-refractivity contribution in [2.75, 3.05) is 6.61 Å². The average molecular weight is 286 g/mol. The fourth-order valence-electron chi connectivity index (χ4n) is 2.21. The zero-order valence-corrected chi connectivity index (χ0v) is 11.6. The normalized spacial score (nSPS) is 13.2. The largest absolute Gasteiger partial charge is 0.416 e. The van der Waals surface area contributed by atoms with Gasteiger partial charge < -0.3 is 9.67 Å². The Balaban J connectivity index is 2.67. The Morgan fingerprint density at radius 3 is 2.35 bits per heavy atom. The third kappa shape index (κ3) is 2.65. The van der Waals surface area contributed by atoms with Crippen molar-refractivity contribution in [3.63, 3.8) is 0 Å². The summed E-state index contributed by atoms with van der Waals surface area (Å²) >= 11 is 0. The molecule has 0 unspecified atom stereocenters. The van der Waals surface area contributed by atoms with E-state index in [0.29, 0.717) is 23.4 Å². The quantitative estimate of drug-likeness (QED) is 0.919. The van der Waals surface area contributed by atoms with Gasteiger partial charge in [0.2, 0.25) is 0 Å². The molecule has 0 saturated carbocycles. The first-order valence-electron chi connectivity index (χ1n) is 6.33. The van der Waals surface area contributed by atoms with Crippen molar-refractivity contribution in [1.82, 2.24) is 9.55 Å². The van der Waals surface area contributed by atoms with E-state index in [1.54, 1.807) is 4.57 Å². The summed E-state index contributed by atoms with van der Waals surface area (Å²) in [7, 11) is 0. The maximum absolute atomic E-state index is 12.7. The van der Waals surface area contributed by atoms with E-state index >= 15 is 0 Å². The Bertz CT molecular complexity index is 624. The first-order chi connectivity index (χ1) is 9.14. The van der Waals surface area contributed by atoms with E-state index in [1.165, 1.54) is 6.07 Å². The van der Waals surface area contributed by atoms with Crippen LogP contribution in [0.1, 0.15) is 32.2 Å². The molecular formula is C14H17F3N2O. The summed E-state index contributed by atoms with van der Waals surface area (Å²) in [6.45, 7) is 6.04. The molecule has 0 atom stereocenters.